The lowest BCUT2D eigenvalue weighted by Crippen LogP contribution is -2.34. The number of nitrogens with zero attached hydrogens (tertiary/aromatic N) is 4. The van der Waals surface area contributed by atoms with Crippen molar-refractivity contribution in [3.05, 3.63) is 120 Å². The number of hydrogen-bond donors (Lipinski definition) is 0. The number of allylic oxidation sites excluding steroid dienone is 3. The molecule has 0 N–H and O–H groups in total. The van der Waals surface area contributed by atoms with Gasteiger partial charge in [-0.05, 0) is 87.4 Å². The first kappa shape index (κ1) is 33.5. The van der Waals surface area contributed by atoms with Crippen molar-refractivity contribution in [2.24, 2.45) is 0 Å². The molecule has 2 heterocycles. The highest BCUT2D eigenvalue weighted by Crippen LogP contribution is 2.25. The van der Waals surface area contributed by atoms with Gasteiger partial charge in [0.2, 0.25) is 5.69 Å². The van der Waals surface area contributed by atoms with Gasteiger partial charge in [-0.3, -0.25) is 0 Å². The summed E-state index contributed by atoms with van der Waals surface area (Å²) in [6, 6.07) is 24.3. The van der Waals surface area contributed by atoms with Gasteiger partial charge in [-0.15, -0.1) is 0 Å². The molecule has 0 amide bonds. The molecule has 0 fully saturated rings. The Kier molecular flexibility index (Phi) is 14.1. The summed E-state index contributed by atoms with van der Waals surface area (Å²) in [6.45, 7) is 16.0. The average molecular weight is 626 g/mol. The number of likely N-dealkylation sites (N-methyl/N-ethyl adjacent to an activating group) is 1. The Morgan fingerprint density at radius 1 is 0.727 bits per heavy atom. The van der Waals surface area contributed by atoms with Crippen LogP contribution in [0.1, 0.15) is 44.5 Å². The first-order chi connectivity index (χ1) is 21.6. The normalized spacial score (nSPS) is 13.2. The Balaban J connectivity index is 1.18. The predicted molar refractivity (Wildman–Crippen MR) is 198 cm³/mol. The van der Waals surface area contributed by atoms with Crippen molar-refractivity contribution in [2.45, 2.75) is 34.2 Å². The molecular weight excluding hydrogens is 577 g/mol. The van der Waals surface area contributed by atoms with Crippen LogP contribution in [0, 0.1) is 0 Å². The Labute approximate surface area is 274 Å². The van der Waals surface area contributed by atoms with Gasteiger partial charge >= 0.3 is 0 Å². The molecule has 0 saturated heterocycles. The summed E-state index contributed by atoms with van der Waals surface area (Å²) < 4.78 is 2.25. The van der Waals surface area contributed by atoms with Crippen LogP contribution in [0.4, 0.5) is 11.4 Å². The average Bonchev–Trinajstić information content (AvgIpc) is 3.08. The highest BCUT2D eigenvalue weighted by atomic mass is 33.1. The topological polar surface area (TPSA) is 13.6 Å². The minimum Gasteiger partial charge on any atom is -0.371 e. The summed E-state index contributed by atoms with van der Waals surface area (Å²) in [5.74, 6) is 2.22. The number of aryl methyl sites for hydroxylation is 1. The van der Waals surface area contributed by atoms with E-state index in [0.29, 0.717) is 0 Å². The molecule has 4 rings (SSSR count). The number of benzene rings is 2. The van der Waals surface area contributed by atoms with E-state index in [4.69, 9.17) is 0 Å². The van der Waals surface area contributed by atoms with Gasteiger partial charge in [0, 0.05) is 86.1 Å². The van der Waals surface area contributed by atoms with Crippen molar-refractivity contribution < 1.29 is 4.57 Å². The van der Waals surface area contributed by atoms with Crippen LogP contribution in [0.25, 0.3) is 18.2 Å². The summed E-state index contributed by atoms with van der Waals surface area (Å²) in [5.41, 5.74) is 7.57. The van der Waals surface area contributed by atoms with Gasteiger partial charge in [-0.2, -0.15) is 4.57 Å². The molecule has 1 aliphatic heterocycles. The van der Waals surface area contributed by atoms with Gasteiger partial charge < -0.3 is 14.7 Å². The summed E-state index contributed by atoms with van der Waals surface area (Å²) in [6.07, 6.45) is 17.5. The summed E-state index contributed by atoms with van der Waals surface area (Å²) >= 11 is 0. The zero-order valence-electron chi connectivity index (χ0n) is 26.9. The van der Waals surface area contributed by atoms with Gasteiger partial charge in [0.25, 0.3) is 0 Å². The smallest absolute Gasteiger partial charge is 0.205 e. The predicted octanol–water partition coefficient (Wildman–Crippen LogP) is 8.69. The van der Waals surface area contributed by atoms with E-state index < -0.39 is 0 Å². The van der Waals surface area contributed by atoms with E-state index in [1.54, 1.807) is 0 Å². The molecule has 0 bridgehead atoms. The highest BCUT2D eigenvalue weighted by molar-refractivity contribution is 8.76. The van der Waals surface area contributed by atoms with Crippen LogP contribution < -0.4 is 14.4 Å². The molecule has 0 radical (unpaired) electrons. The van der Waals surface area contributed by atoms with Crippen LogP contribution in [0.2, 0.25) is 0 Å². The Morgan fingerprint density at radius 3 is 1.86 bits per heavy atom. The van der Waals surface area contributed by atoms with Crippen molar-refractivity contribution >= 4 is 51.2 Å². The fourth-order valence-electron chi connectivity index (χ4n) is 5.28. The maximum Gasteiger partial charge on any atom is 0.205 e. The molecule has 0 unspecified atom stereocenters. The van der Waals surface area contributed by atoms with E-state index in [1.165, 1.54) is 33.9 Å². The molecule has 2 aromatic carbocycles. The van der Waals surface area contributed by atoms with Crippen molar-refractivity contribution in [3.8, 4) is 0 Å². The summed E-state index contributed by atoms with van der Waals surface area (Å²) in [7, 11) is 3.98. The molecule has 1 aliphatic rings. The molecule has 44 heavy (non-hydrogen) atoms. The van der Waals surface area contributed by atoms with E-state index in [2.05, 4.69) is 162 Å². The van der Waals surface area contributed by atoms with Gasteiger partial charge in [-0.25, -0.2) is 0 Å². The first-order valence-electron chi connectivity index (χ1n) is 16.1. The number of anilines is 2. The molecule has 6 heteroatoms. The third kappa shape index (κ3) is 10.1. The molecule has 1 aromatic heterocycles. The zero-order valence-corrected chi connectivity index (χ0v) is 28.6. The summed E-state index contributed by atoms with van der Waals surface area (Å²) in [5, 5.41) is 0. The van der Waals surface area contributed by atoms with E-state index in [0.717, 1.165) is 57.3 Å². The minimum atomic E-state index is 0.972. The second-order valence-electron chi connectivity index (χ2n) is 10.6. The van der Waals surface area contributed by atoms with Crippen LogP contribution in [0.3, 0.4) is 0 Å². The molecule has 0 spiro atoms. The number of aromatic nitrogens is 1. The fraction of sp³-hybridized carbons (Fsp3) is 0.342. The van der Waals surface area contributed by atoms with Crippen molar-refractivity contribution in [2.75, 3.05) is 60.6 Å². The number of hydrogen-bond acceptors (Lipinski definition) is 5. The molecule has 4 nitrogen and oxygen atoms in total. The summed E-state index contributed by atoms with van der Waals surface area (Å²) in [4.78, 5) is 7.32. The van der Waals surface area contributed by atoms with Crippen LogP contribution >= 0.6 is 21.6 Å². The SMILES string of the molecule is CCN1CC=CC=C1/C=C/c1ccc(N(CC)CCSSCCN(CC)c2ccc(/C=C/c3cccc[n+]3CC)cc2)cc1. The highest BCUT2D eigenvalue weighted by Gasteiger charge is 2.08. The van der Waals surface area contributed by atoms with Gasteiger partial charge in [0.15, 0.2) is 6.20 Å². The fourth-order valence-corrected chi connectivity index (χ4v) is 7.25. The van der Waals surface area contributed by atoms with Crippen LogP contribution in [-0.2, 0) is 6.54 Å². The van der Waals surface area contributed by atoms with E-state index in [1.807, 2.05) is 21.6 Å². The van der Waals surface area contributed by atoms with Crippen molar-refractivity contribution in [1.82, 2.24) is 4.90 Å². The lowest BCUT2D eigenvalue weighted by atomic mass is 10.1. The standard InChI is InChI=1S/C38H49N4S2/c1-5-39-27-11-9-13-35(39)21-15-33-17-23-37(24-18-33)41(7-3)29-31-43-44-32-30-42(8-4)38-25-19-34(20-26-38)16-22-36-14-10-12-28-40(36)6-2/h9-27H,5-8,28-32H2,1-4H3/q+1/b22-16+. The molecule has 232 valence electrons. The zero-order chi connectivity index (χ0) is 31.0. The van der Waals surface area contributed by atoms with Crippen molar-refractivity contribution in [3.63, 3.8) is 0 Å². The number of rotatable bonds is 17. The molecule has 0 aliphatic carbocycles. The Bertz CT molecular complexity index is 1390. The minimum absolute atomic E-state index is 0.972. The van der Waals surface area contributed by atoms with Crippen LogP contribution in [0.15, 0.2) is 103 Å². The second kappa shape index (κ2) is 18.5. The Hall–Kier alpha value is -3.35. The monoisotopic (exact) mass is 625 g/mol. The van der Waals surface area contributed by atoms with E-state index in [9.17, 15) is 0 Å². The van der Waals surface area contributed by atoms with E-state index >= 15 is 0 Å². The molecule has 3 aromatic rings. The Morgan fingerprint density at radius 2 is 1.32 bits per heavy atom. The quantitative estimate of drug-likeness (QED) is 0.0844. The second-order valence-corrected chi connectivity index (χ2v) is 13.3. The largest absolute Gasteiger partial charge is 0.371 e. The van der Waals surface area contributed by atoms with Gasteiger partial charge in [0.05, 0.1) is 0 Å². The third-order valence-corrected chi connectivity index (χ3v) is 10.3. The van der Waals surface area contributed by atoms with E-state index in [-0.39, 0.29) is 0 Å². The van der Waals surface area contributed by atoms with Crippen molar-refractivity contribution in [1.29, 1.82) is 0 Å². The number of pyridine rings is 1. The third-order valence-electron chi connectivity index (χ3n) is 7.94. The maximum atomic E-state index is 2.47. The lowest BCUT2D eigenvalue weighted by molar-refractivity contribution is -0.695. The van der Waals surface area contributed by atoms with Gasteiger partial charge in [-0.1, -0.05) is 64.1 Å². The molecular formula is C38H49N4S2+. The lowest BCUT2D eigenvalue weighted by Gasteiger charge is -2.25. The van der Waals surface area contributed by atoms with Crippen LogP contribution in [0.5, 0.6) is 0 Å². The maximum absolute atomic E-state index is 2.47. The first-order valence-corrected chi connectivity index (χ1v) is 18.5. The van der Waals surface area contributed by atoms with Gasteiger partial charge in [0.1, 0.15) is 6.54 Å². The van der Waals surface area contributed by atoms with Crippen LogP contribution in [-0.4, -0.2) is 55.7 Å². The molecule has 0 saturated carbocycles. The molecule has 0 atom stereocenters.